The molecule has 6 heteroatoms. The van der Waals surface area contributed by atoms with Gasteiger partial charge in [-0.2, -0.15) is 0 Å². The summed E-state index contributed by atoms with van der Waals surface area (Å²) in [7, 11) is 3.05. The lowest BCUT2D eigenvalue weighted by Crippen LogP contribution is -2.23. The smallest absolute Gasteiger partial charge is 0.336 e. The van der Waals surface area contributed by atoms with Gasteiger partial charge in [-0.25, -0.2) is 4.79 Å². The predicted molar refractivity (Wildman–Crippen MR) is 107 cm³/mol. The van der Waals surface area contributed by atoms with E-state index in [2.05, 4.69) is 19.2 Å². The van der Waals surface area contributed by atoms with E-state index in [0.717, 1.165) is 10.9 Å². The average molecular weight is 381 g/mol. The van der Waals surface area contributed by atoms with Crippen molar-refractivity contribution in [3.63, 3.8) is 0 Å². The van der Waals surface area contributed by atoms with Crippen molar-refractivity contribution in [1.82, 2.24) is 5.32 Å². The average Bonchev–Trinajstić information content (AvgIpc) is 2.70. The monoisotopic (exact) mass is 381 g/mol. The van der Waals surface area contributed by atoms with Crippen LogP contribution in [0.5, 0.6) is 11.5 Å². The molecule has 28 heavy (non-hydrogen) atoms. The molecule has 0 saturated heterocycles. The van der Waals surface area contributed by atoms with Crippen molar-refractivity contribution in [2.45, 2.75) is 26.3 Å². The van der Waals surface area contributed by atoms with E-state index >= 15 is 0 Å². The van der Waals surface area contributed by atoms with Crippen molar-refractivity contribution in [1.29, 1.82) is 0 Å². The first-order chi connectivity index (χ1) is 13.4. The molecule has 0 aliphatic heterocycles. The Bertz CT molecular complexity index is 1070. The van der Waals surface area contributed by atoms with Gasteiger partial charge in [0, 0.05) is 23.6 Å². The quantitative estimate of drug-likeness (QED) is 0.656. The van der Waals surface area contributed by atoms with E-state index in [1.807, 2.05) is 12.1 Å². The first kappa shape index (κ1) is 19.5. The number of methoxy groups -OCH3 is 2. The molecule has 0 aliphatic rings. The molecule has 3 rings (SSSR count). The summed E-state index contributed by atoms with van der Waals surface area (Å²) in [5, 5.41) is 3.67. The van der Waals surface area contributed by atoms with E-state index in [0.29, 0.717) is 34.1 Å². The van der Waals surface area contributed by atoms with E-state index in [1.165, 1.54) is 20.3 Å². The topological polar surface area (TPSA) is 77.8 Å². The summed E-state index contributed by atoms with van der Waals surface area (Å²) in [4.78, 5) is 24.5. The Morgan fingerprint density at radius 3 is 2.46 bits per heavy atom. The van der Waals surface area contributed by atoms with Gasteiger partial charge in [-0.3, -0.25) is 4.79 Å². The summed E-state index contributed by atoms with van der Waals surface area (Å²) in [5.41, 5.74) is 2.34. The molecule has 0 spiro atoms. The van der Waals surface area contributed by atoms with Crippen LogP contribution in [0.15, 0.2) is 51.7 Å². The van der Waals surface area contributed by atoms with Gasteiger partial charge in [0.2, 0.25) is 0 Å². The Kier molecular flexibility index (Phi) is 5.68. The Morgan fingerprint density at radius 1 is 1.04 bits per heavy atom. The summed E-state index contributed by atoms with van der Waals surface area (Å²) in [6.45, 7) is 4.40. The van der Waals surface area contributed by atoms with Gasteiger partial charge in [-0.1, -0.05) is 19.9 Å². The minimum Gasteiger partial charge on any atom is -0.493 e. The first-order valence-electron chi connectivity index (χ1n) is 9.00. The number of hydrogen-bond acceptors (Lipinski definition) is 5. The molecular formula is C22H23NO5. The Morgan fingerprint density at radius 2 is 1.79 bits per heavy atom. The summed E-state index contributed by atoms with van der Waals surface area (Å²) in [6, 6.07) is 12.1. The third kappa shape index (κ3) is 4.01. The van der Waals surface area contributed by atoms with Crippen LogP contribution in [0.1, 0.15) is 41.3 Å². The summed E-state index contributed by atoms with van der Waals surface area (Å²) < 4.78 is 15.7. The number of carbonyl (C=O) groups excluding carboxylic acids is 1. The molecule has 1 heterocycles. The first-order valence-corrected chi connectivity index (χ1v) is 9.00. The van der Waals surface area contributed by atoms with Gasteiger partial charge in [0.05, 0.1) is 14.2 Å². The number of carbonyl (C=O) groups is 1. The van der Waals surface area contributed by atoms with Gasteiger partial charge in [0.15, 0.2) is 11.5 Å². The van der Waals surface area contributed by atoms with Crippen LogP contribution in [0.2, 0.25) is 0 Å². The highest BCUT2D eigenvalue weighted by Gasteiger charge is 2.13. The fourth-order valence-electron chi connectivity index (χ4n) is 3.01. The maximum Gasteiger partial charge on any atom is 0.336 e. The van der Waals surface area contributed by atoms with Crippen LogP contribution in [0.3, 0.4) is 0 Å². The molecule has 2 aromatic carbocycles. The van der Waals surface area contributed by atoms with Gasteiger partial charge in [0.25, 0.3) is 5.91 Å². The minimum absolute atomic E-state index is 0.205. The maximum atomic E-state index is 12.6. The molecular weight excluding hydrogens is 358 g/mol. The molecule has 1 amide bonds. The fourth-order valence-corrected chi connectivity index (χ4v) is 3.01. The van der Waals surface area contributed by atoms with Crippen LogP contribution in [0.4, 0.5) is 0 Å². The molecule has 0 bridgehead atoms. The van der Waals surface area contributed by atoms with Crippen molar-refractivity contribution >= 4 is 16.9 Å². The van der Waals surface area contributed by atoms with E-state index in [4.69, 9.17) is 13.9 Å². The van der Waals surface area contributed by atoms with Crippen LogP contribution >= 0.6 is 0 Å². The lowest BCUT2D eigenvalue weighted by atomic mass is 9.99. The number of amides is 1. The molecule has 0 radical (unpaired) electrons. The van der Waals surface area contributed by atoms with Gasteiger partial charge < -0.3 is 19.2 Å². The van der Waals surface area contributed by atoms with Crippen LogP contribution < -0.4 is 20.4 Å². The zero-order chi connectivity index (χ0) is 20.3. The van der Waals surface area contributed by atoms with Gasteiger partial charge in [-0.15, -0.1) is 0 Å². The Hall–Kier alpha value is -3.28. The Labute approximate surface area is 163 Å². The predicted octanol–water partition coefficient (Wildman–Crippen LogP) is 3.86. The van der Waals surface area contributed by atoms with Gasteiger partial charge >= 0.3 is 5.63 Å². The normalized spacial score (nSPS) is 10.9. The van der Waals surface area contributed by atoms with E-state index in [9.17, 15) is 9.59 Å². The van der Waals surface area contributed by atoms with Crippen LogP contribution in [-0.2, 0) is 6.54 Å². The lowest BCUT2D eigenvalue weighted by molar-refractivity contribution is 0.0950. The molecule has 6 nitrogen and oxygen atoms in total. The van der Waals surface area contributed by atoms with Gasteiger partial charge in [-0.05, 0) is 47.4 Å². The van der Waals surface area contributed by atoms with Crippen molar-refractivity contribution < 1.29 is 18.7 Å². The summed E-state index contributed by atoms with van der Waals surface area (Å²) in [6.07, 6.45) is 0. The number of fused-ring (bicyclic) bond motifs is 1. The largest absolute Gasteiger partial charge is 0.493 e. The number of ether oxygens (including phenoxy) is 2. The summed E-state index contributed by atoms with van der Waals surface area (Å²) in [5.74, 6) is 1.09. The van der Waals surface area contributed by atoms with Crippen LogP contribution in [0, 0.1) is 0 Å². The molecule has 0 unspecified atom stereocenters. The van der Waals surface area contributed by atoms with Crippen molar-refractivity contribution in [3.8, 4) is 11.5 Å². The molecule has 0 aliphatic carbocycles. The maximum absolute atomic E-state index is 12.6. The van der Waals surface area contributed by atoms with Crippen LogP contribution in [0.25, 0.3) is 11.0 Å². The Balaban J connectivity index is 1.87. The van der Waals surface area contributed by atoms with Crippen molar-refractivity contribution in [3.05, 3.63) is 69.6 Å². The van der Waals surface area contributed by atoms with Crippen LogP contribution in [-0.4, -0.2) is 20.1 Å². The molecule has 1 aromatic heterocycles. The van der Waals surface area contributed by atoms with E-state index in [-0.39, 0.29) is 12.5 Å². The molecule has 146 valence electrons. The number of benzene rings is 2. The molecule has 3 aromatic rings. The molecule has 0 atom stereocenters. The van der Waals surface area contributed by atoms with Crippen molar-refractivity contribution in [2.75, 3.05) is 14.2 Å². The number of rotatable bonds is 6. The van der Waals surface area contributed by atoms with E-state index in [1.54, 1.807) is 24.3 Å². The molecule has 0 saturated carbocycles. The van der Waals surface area contributed by atoms with Crippen molar-refractivity contribution in [2.24, 2.45) is 0 Å². The molecule has 0 fully saturated rings. The highest BCUT2D eigenvalue weighted by atomic mass is 16.5. The summed E-state index contributed by atoms with van der Waals surface area (Å²) >= 11 is 0. The van der Waals surface area contributed by atoms with E-state index < -0.39 is 5.63 Å². The third-order valence-electron chi connectivity index (χ3n) is 4.60. The number of hydrogen-bond donors (Lipinski definition) is 1. The fraction of sp³-hybridized carbons (Fsp3) is 0.273. The highest BCUT2D eigenvalue weighted by molar-refractivity contribution is 5.95. The minimum atomic E-state index is -0.444. The second kappa shape index (κ2) is 8.17. The second-order valence-electron chi connectivity index (χ2n) is 6.75. The zero-order valence-electron chi connectivity index (χ0n) is 16.4. The standard InChI is InChI=1S/C22H23NO5/c1-13(2)14-5-7-18-17(9-14)16(11-21(24)28-18)12-23-22(25)15-6-8-19(26-3)20(10-15)27-4/h5-11,13H,12H2,1-4H3,(H,23,25). The number of nitrogens with one attached hydrogen (secondary N) is 1. The zero-order valence-corrected chi connectivity index (χ0v) is 16.4. The lowest BCUT2D eigenvalue weighted by Gasteiger charge is -2.12. The third-order valence-corrected chi connectivity index (χ3v) is 4.60. The SMILES string of the molecule is COc1ccc(C(=O)NCc2cc(=O)oc3ccc(C(C)C)cc23)cc1OC. The van der Waals surface area contributed by atoms with Gasteiger partial charge in [0.1, 0.15) is 5.58 Å². The molecule has 1 N–H and O–H groups in total. The highest BCUT2D eigenvalue weighted by Crippen LogP contribution is 2.28. The second-order valence-corrected chi connectivity index (χ2v) is 6.75.